The summed E-state index contributed by atoms with van der Waals surface area (Å²) in [5.74, 6) is 1.82. The second kappa shape index (κ2) is 5.74. The van der Waals surface area contributed by atoms with Gasteiger partial charge in [-0.25, -0.2) is 0 Å². The molecule has 1 N–H and O–H groups in total. The van der Waals surface area contributed by atoms with E-state index in [0.29, 0.717) is 18.1 Å². The summed E-state index contributed by atoms with van der Waals surface area (Å²) in [4.78, 5) is 2.66. The van der Waals surface area contributed by atoms with Crippen LogP contribution in [0.5, 0.6) is 5.75 Å². The molecular formula is C17H26N2O. The van der Waals surface area contributed by atoms with Crippen molar-refractivity contribution in [2.45, 2.75) is 44.8 Å². The van der Waals surface area contributed by atoms with Crippen molar-refractivity contribution in [3.05, 3.63) is 29.8 Å². The van der Waals surface area contributed by atoms with Gasteiger partial charge in [0.2, 0.25) is 0 Å². The molecule has 1 saturated heterocycles. The van der Waals surface area contributed by atoms with Crippen molar-refractivity contribution in [3.8, 4) is 5.75 Å². The number of likely N-dealkylation sites (tertiary alicyclic amines) is 1. The number of likely N-dealkylation sites (N-methyl/N-ethyl adjacent to an activating group) is 1. The maximum absolute atomic E-state index is 6.02. The Hall–Kier alpha value is -1.06. The van der Waals surface area contributed by atoms with E-state index in [1.54, 1.807) is 0 Å². The molecule has 0 amide bonds. The zero-order chi connectivity index (χ0) is 14.1. The summed E-state index contributed by atoms with van der Waals surface area (Å²) in [5, 5.41) is 3.52. The summed E-state index contributed by atoms with van der Waals surface area (Å²) < 4.78 is 6.02. The van der Waals surface area contributed by atoms with Crippen LogP contribution in [0.3, 0.4) is 0 Å². The number of fused-ring (bicyclic) bond motifs is 1. The van der Waals surface area contributed by atoms with Crippen molar-refractivity contribution >= 4 is 0 Å². The predicted molar refractivity (Wildman–Crippen MR) is 82.1 cm³/mol. The number of nitrogens with zero attached hydrogens (tertiary/aromatic N) is 1. The zero-order valence-electron chi connectivity index (χ0n) is 12.8. The third-order valence-corrected chi connectivity index (χ3v) is 5.21. The molecule has 20 heavy (non-hydrogen) atoms. The first kappa shape index (κ1) is 13.9. The molecule has 0 aliphatic carbocycles. The largest absolute Gasteiger partial charge is 0.492 e. The fourth-order valence-corrected chi connectivity index (χ4v) is 3.82. The van der Waals surface area contributed by atoms with E-state index in [1.165, 1.54) is 24.9 Å². The van der Waals surface area contributed by atoms with Crippen molar-refractivity contribution in [1.29, 1.82) is 0 Å². The van der Waals surface area contributed by atoms with E-state index in [2.05, 4.69) is 55.4 Å². The fraction of sp³-hybridized carbons (Fsp3) is 0.647. The zero-order valence-corrected chi connectivity index (χ0v) is 12.8. The Bertz CT molecular complexity index is 462. The van der Waals surface area contributed by atoms with Gasteiger partial charge in [-0.15, -0.1) is 0 Å². The molecule has 2 aliphatic rings. The van der Waals surface area contributed by atoms with Gasteiger partial charge in [0.05, 0.1) is 12.1 Å². The summed E-state index contributed by atoms with van der Waals surface area (Å²) in [6.07, 6.45) is 2.66. The van der Waals surface area contributed by atoms with E-state index < -0.39 is 0 Å². The van der Waals surface area contributed by atoms with E-state index in [-0.39, 0.29) is 0 Å². The Labute approximate surface area is 122 Å². The van der Waals surface area contributed by atoms with E-state index in [4.69, 9.17) is 4.74 Å². The van der Waals surface area contributed by atoms with E-state index in [0.717, 1.165) is 18.3 Å². The summed E-state index contributed by atoms with van der Waals surface area (Å²) in [6, 6.07) is 9.88. The molecule has 110 valence electrons. The molecule has 3 nitrogen and oxygen atoms in total. The molecule has 4 unspecified atom stereocenters. The van der Waals surface area contributed by atoms with Crippen molar-refractivity contribution in [2.75, 3.05) is 20.2 Å². The highest BCUT2D eigenvalue weighted by molar-refractivity contribution is 5.38. The molecule has 3 heteroatoms. The molecular weight excluding hydrogens is 248 g/mol. The van der Waals surface area contributed by atoms with Gasteiger partial charge in [0.25, 0.3) is 0 Å². The average Bonchev–Trinajstić information content (AvgIpc) is 2.49. The van der Waals surface area contributed by atoms with E-state index in [9.17, 15) is 0 Å². The first-order valence-electron chi connectivity index (χ1n) is 7.87. The molecule has 1 aromatic carbocycles. The third-order valence-electron chi connectivity index (χ3n) is 5.21. The Morgan fingerprint density at radius 2 is 2.05 bits per heavy atom. The smallest absolute Gasteiger partial charge is 0.124 e. The number of hydrogen-bond acceptors (Lipinski definition) is 3. The van der Waals surface area contributed by atoms with E-state index >= 15 is 0 Å². The van der Waals surface area contributed by atoms with Crippen molar-refractivity contribution in [1.82, 2.24) is 10.2 Å². The second-order valence-corrected chi connectivity index (χ2v) is 6.28. The van der Waals surface area contributed by atoms with Crippen LogP contribution in [0.15, 0.2) is 24.3 Å². The monoisotopic (exact) mass is 274 g/mol. The van der Waals surface area contributed by atoms with Crippen LogP contribution in [0.25, 0.3) is 0 Å². The number of piperidine rings is 1. The lowest BCUT2D eigenvalue weighted by molar-refractivity contribution is 0.0171. The molecule has 0 radical (unpaired) electrons. The molecule has 3 rings (SSSR count). The number of rotatable bonds is 2. The van der Waals surface area contributed by atoms with Crippen LogP contribution in [0, 0.1) is 5.92 Å². The van der Waals surface area contributed by atoms with Gasteiger partial charge in [-0.2, -0.15) is 0 Å². The topological polar surface area (TPSA) is 24.5 Å². The van der Waals surface area contributed by atoms with Crippen LogP contribution < -0.4 is 10.1 Å². The number of benzene rings is 1. The van der Waals surface area contributed by atoms with Crippen molar-refractivity contribution in [3.63, 3.8) is 0 Å². The minimum absolute atomic E-state index is 0.368. The lowest BCUT2D eigenvalue weighted by Crippen LogP contribution is -2.56. The average molecular weight is 274 g/mol. The SMILES string of the molecule is CNC1c2ccccc2OCC1N1CCCC(C)C1C. The van der Waals surface area contributed by atoms with Gasteiger partial charge in [0, 0.05) is 11.6 Å². The van der Waals surface area contributed by atoms with Crippen LogP contribution in [-0.4, -0.2) is 37.2 Å². The molecule has 0 spiro atoms. The van der Waals surface area contributed by atoms with Crippen LogP contribution in [0.4, 0.5) is 0 Å². The molecule has 0 bridgehead atoms. The number of nitrogens with one attached hydrogen (secondary N) is 1. The number of ether oxygens (including phenoxy) is 1. The summed E-state index contributed by atoms with van der Waals surface area (Å²) in [6.45, 7) is 6.74. The van der Waals surface area contributed by atoms with Gasteiger partial charge >= 0.3 is 0 Å². The summed E-state index contributed by atoms with van der Waals surface area (Å²) in [7, 11) is 2.07. The summed E-state index contributed by atoms with van der Waals surface area (Å²) in [5.41, 5.74) is 1.30. The third kappa shape index (κ3) is 2.33. The fourth-order valence-electron chi connectivity index (χ4n) is 3.82. The van der Waals surface area contributed by atoms with Crippen molar-refractivity contribution < 1.29 is 4.74 Å². The molecule has 2 aliphatic heterocycles. The quantitative estimate of drug-likeness (QED) is 0.897. The Balaban J connectivity index is 1.87. The number of hydrogen-bond donors (Lipinski definition) is 1. The lowest BCUT2D eigenvalue weighted by Gasteiger charge is -2.47. The first-order chi connectivity index (χ1) is 9.72. The normalized spacial score (nSPS) is 34.4. The Kier molecular flexibility index (Phi) is 3.99. The molecule has 4 atom stereocenters. The Morgan fingerprint density at radius 1 is 1.25 bits per heavy atom. The van der Waals surface area contributed by atoms with Gasteiger partial charge in [-0.05, 0) is 45.3 Å². The summed E-state index contributed by atoms with van der Waals surface area (Å²) >= 11 is 0. The Morgan fingerprint density at radius 3 is 2.85 bits per heavy atom. The minimum Gasteiger partial charge on any atom is -0.492 e. The predicted octanol–water partition coefficient (Wildman–Crippen LogP) is 2.83. The van der Waals surface area contributed by atoms with Gasteiger partial charge in [0.15, 0.2) is 0 Å². The molecule has 0 saturated carbocycles. The lowest BCUT2D eigenvalue weighted by atomic mass is 9.87. The highest BCUT2D eigenvalue weighted by Gasteiger charge is 2.38. The maximum Gasteiger partial charge on any atom is 0.124 e. The highest BCUT2D eigenvalue weighted by atomic mass is 16.5. The van der Waals surface area contributed by atoms with E-state index in [1.807, 2.05) is 0 Å². The van der Waals surface area contributed by atoms with Crippen LogP contribution in [0.1, 0.15) is 38.3 Å². The van der Waals surface area contributed by atoms with Gasteiger partial charge in [-0.3, -0.25) is 4.90 Å². The van der Waals surface area contributed by atoms with Crippen LogP contribution >= 0.6 is 0 Å². The number of para-hydroxylation sites is 1. The molecule has 0 aromatic heterocycles. The highest BCUT2D eigenvalue weighted by Crippen LogP contribution is 2.36. The van der Waals surface area contributed by atoms with Gasteiger partial charge in [0.1, 0.15) is 12.4 Å². The second-order valence-electron chi connectivity index (χ2n) is 6.28. The van der Waals surface area contributed by atoms with Gasteiger partial charge in [-0.1, -0.05) is 25.1 Å². The van der Waals surface area contributed by atoms with Crippen molar-refractivity contribution in [2.24, 2.45) is 5.92 Å². The van der Waals surface area contributed by atoms with Gasteiger partial charge < -0.3 is 10.1 Å². The maximum atomic E-state index is 6.02. The molecule has 1 fully saturated rings. The standard InChI is InChI=1S/C17H26N2O/c1-12-7-6-10-19(13(12)2)15-11-20-16-9-5-4-8-14(16)17(15)18-3/h4-5,8-9,12-13,15,17-18H,6-7,10-11H2,1-3H3. The van der Waals surface area contributed by atoms with Crippen LogP contribution in [0.2, 0.25) is 0 Å². The first-order valence-corrected chi connectivity index (χ1v) is 7.87. The molecule has 1 aromatic rings. The van der Waals surface area contributed by atoms with Crippen LogP contribution in [-0.2, 0) is 0 Å². The molecule has 2 heterocycles. The minimum atomic E-state index is 0.368.